The van der Waals surface area contributed by atoms with E-state index < -0.39 is 12.0 Å². The highest BCUT2D eigenvalue weighted by atomic mass is 32.1. The molecule has 0 spiro atoms. The molecule has 17 heavy (non-hydrogen) atoms. The summed E-state index contributed by atoms with van der Waals surface area (Å²) in [6.45, 7) is 2.25. The van der Waals surface area contributed by atoms with Gasteiger partial charge in [0.15, 0.2) is 0 Å². The van der Waals surface area contributed by atoms with E-state index in [1.807, 2.05) is 11.4 Å². The lowest BCUT2D eigenvalue weighted by Crippen LogP contribution is -2.46. The van der Waals surface area contributed by atoms with Crippen molar-refractivity contribution in [2.24, 2.45) is 5.92 Å². The van der Waals surface area contributed by atoms with E-state index in [0.717, 1.165) is 13.1 Å². The zero-order chi connectivity index (χ0) is 12.3. The number of nitrogens with zero attached hydrogens (tertiary/aromatic N) is 1. The molecule has 0 amide bonds. The van der Waals surface area contributed by atoms with Crippen LogP contribution in [0.3, 0.4) is 0 Å². The van der Waals surface area contributed by atoms with Gasteiger partial charge in [-0.25, -0.2) is 0 Å². The van der Waals surface area contributed by atoms with Crippen LogP contribution >= 0.6 is 11.3 Å². The second kappa shape index (κ2) is 5.62. The minimum absolute atomic E-state index is 0.312. The first-order valence-electron chi connectivity index (χ1n) is 5.71. The SMILES string of the molecule is COC(=O)[C@@H]1CN(Cc2cccs2)CC[C@H]1O. The van der Waals surface area contributed by atoms with Gasteiger partial charge in [-0.1, -0.05) is 6.07 Å². The van der Waals surface area contributed by atoms with Crippen molar-refractivity contribution in [3.05, 3.63) is 22.4 Å². The van der Waals surface area contributed by atoms with Gasteiger partial charge in [0.25, 0.3) is 0 Å². The third kappa shape index (κ3) is 3.06. The van der Waals surface area contributed by atoms with E-state index in [9.17, 15) is 9.90 Å². The summed E-state index contributed by atoms with van der Waals surface area (Å²) in [6, 6.07) is 4.11. The smallest absolute Gasteiger partial charge is 0.312 e. The van der Waals surface area contributed by atoms with E-state index >= 15 is 0 Å². The molecule has 0 unspecified atom stereocenters. The topological polar surface area (TPSA) is 49.8 Å². The number of piperidine rings is 1. The third-order valence-corrected chi connectivity index (χ3v) is 3.99. The fraction of sp³-hybridized carbons (Fsp3) is 0.583. The molecule has 5 heteroatoms. The molecule has 1 fully saturated rings. The van der Waals surface area contributed by atoms with Crippen LogP contribution in [-0.4, -0.2) is 42.3 Å². The number of likely N-dealkylation sites (tertiary alicyclic amines) is 1. The maximum absolute atomic E-state index is 11.5. The number of aliphatic hydroxyl groups excluding tert-OH is 1. The second-order valence-corrected chi connectivity index (χ2v) is 5.33. The van der Waals surface area contributed by atoms with Gasteiger partial charge in [0.2, 0.25) is 0 Å². The molecule has 4 nitrogen and oxygen atoms in total. The molecule has 2 heterocycles. The van der Waals surface area contributed by atoms with E-state index in [0.29, 0.717) is 13.0 Å². The molecular formula is C12H17NO3S. The molecule has 2 atom stereocenters. The average Bonchev–Trinajstić information content (AvgIpc) is 2.83. The first-order valence-corrected chi connectivity index (χ1v) is 6.59. The lowest BCUT2D eigenvalue weighted by Gasteiger charge is -2.34. The van der Waals surface area contributed by atoms with E-state index in [-0.39, 0.29) is 5.97 Å². The second-order valence-electron chi connectivity index (χ2n) is 4.30. The minimum Gasteiger partial charge on any atom is -0.469 e. The number of thiophene rings is 1. The molecule has 0 aromatic carbocycles. The number of ether oxygens (including phenoxy) is 1. The van der Waals surface area contributed by atoms with Gasteiger partial charge >= 0.3 is 5.97 Å². The Morgan fingerprint density at radius 1 is 1.71 bits per heavy atom. The fourth-order valence-corrected chi connectivity index (χ4v) is 2.90. The summed E-state index contributed by atoms with van der Waals surface area (Å²) in [4.78, 5) is 15.0. The maximum Gasteiger partial charge on any atom is 0.312 e. The standard InChI is InChI=1S/C12H17NO3S/c1-16-12(15)10-8-13(5-4-11(10)14)7-9-3-2-6-17-9/h2-3,6,10-11,14H,4-5,7-8H2,1H3/t10-,11-/m1/s1. The molecule has 0 aliphatic carbocycles. The summed E-state index contributed by atoms with van der Waals surface area (Å²) in [5, 5.41) is 11.8. The molecule has 0 bridgehead atoms. The summed E-state index contributed by atoms with van der Waals surface area (Å²) in [6.07, 6.45) is 0.0625. The van der Waals surface area contributed by atoms with E-state index in [1.54, 1.807) is 11.3 Å². The van der Waals surface area contributed by atoms with Crippen LogP contribution in [0.5, 0.6) is 0 Å². The number of hydrogen-bond acceptors (Lipinski definition) is 5. The number of hydrogen-bond donors (Lipinski definition) is 1. The molecule has 1 saturated heterocycles. The number of esters is 1. The van der Waals surface area contributed by atoms with Gasteiger partial charge in [0, 0.05) is 24.5 Å². The minimum atomic E-state index is -0.568. The zero-order valence-corrected chi connectivity index (χ0v) is 10.7. The van der Waals surface area contributed by atoms with Crippen LogP contribution in [-0.2, 0) is 16.1 Å². The van der Waals surface area contributed by atoms with Crippen molar-refractivity contribution in [2.75, 3.05) is 20.2 Å². The monoisotopic (exact) mass is 255 g/mol. The molecule has 0 radical (unpaired) electrons. The molecule has 1 aromatic rings. The quantitative estimate of drug-likeness (QED) is 0.822. The zero-order valence-electron chi connectivity index (χ0n) is 9.83. The van der Waals surface area contributed by atoms with E-state index in [2.05, 4.69) is 11.0 Å². The third-order valence-electron chi connectivity index (χ3n) is 3.12. The van der Waals surface area contributed by atoms with Crippen molar-refractivity contribution < 1.29 is 14.6 Å². The van der Waals surface area contributed by atoms with Crippen molar-refractivity contribution in [1.82, 2.24) is 4.90 Å². The number of carbonyl (C=O) groups is 1. The lowest BCUT2D eigenvalue weighted by molar-refractivity contribution is -0.152. The van der Waals surface area contributed by atoms with Crippen LogP contribution in [0.4, 0.5) is 0 Å². The Morgan fingerprint density at radius 2 is 2.53 bits per heavy atom. The Hall–Kier alpha value is -0.910. The van der Waals surface area contributed by atoms with Crippen molar-refractivity contribution >= 4 is 17.3 Å². The van der Waals surface area contributed by atoms with E-state index in [1.165, 1.54) is 12.0 Å². The van der Waals surface area contributed by atoms with Crippen LogP contribution in [0, 0.1) is 5.92 Å². The van der Waals surface area contributed by atoms with Crippen molar-refractivity contribution in [2.45, 2.75) is 19.1 Å². The van der Waals surface area contributed by atoms with Gasteiger partial charge in [-0.15, -0.1) is 11.3 Å². The Balaban J connectivity index is 1.95. The van der Waals surface area contributed by atoms with Crippen molar-refractivity contribution in [1.29, 1.82) is 0 Å². The summed E-state index contributed by atoms with van der Waals surface area (Å²) in [5.41, 5.74) is 0. The highest BCUT2D eigenvalue weighted by Crippen LogP contribution is 2.21. The molecule has 1 aromatic heterocycles. The predicted molar refractivity (Wildman–Crippen MR) is 65.7 cm³/mol. The van der Waals surface area contributed by atoms with Gasteiger partial charge in [-0.05, 0) is 17.9 Å². The first-order chi connectivity index (χ1) is 8.20. The van der Waals surface area contributed by atoms with Crippen molar-refractivity contribution in [3.63, 3.8) is 0 Å². The molecule has 1 aliphatic heterocycles. The number of aliphatic hydroxyl groups is 1. The number of methoxy groups -OCH3 is 1. The van der Waals surface area contributed by atoms with Crippen molar-refractivity contribution in [3.8, 4) is 0 Å². The van der Waals surface area contributed by atoms with Gasteiger partial charge in [-0.3, -0.25) is 9.69 Å². The summed E-state index contributed by atoms with van der Waals surface area (Å²) in [7, 11) is 1.37. The van der Waals surface area contributed by atoms with Crippen LogP contribution in [0.25, 0.3) is 0 Å². The molecule has 1 N–H and O–H groups in total. The van der Waals surface area contributed by atoms with Crippen LogP contribution in [0.15, 0.2) is 17.5 Å². The van der Waals surface area contributed by atoms with Crippen LogP contribution < -0.4 is 0 Å². The van der Waals surface area contributed by atoms with Gasteiger partial charge in [0.05, 0.1) is 19.1 Å². The Bertz CT molecular complexity index is 366. The maximum atomic E-state index is 11.5. The molecule has 94 valence electrons. The van der Waals surface area contributed by atoms with Crippen LogP contribution in [0.2, 0.25) is 0 Å². The van der Waals surface area contributed by atoms with E-state index in [4.69, 9.17) is 4.74 Å². The molecular weight excluding hydrogens is 238 g/mol. The predicted octanol–water partition coefficient (Wildman–Crippen LogP) is 1.10. The number of carbonyl (C=O) groups excluding carboxylic acids is 1. The Kier molecular flexibility index (Phi) is 4.15. The molecule has 2 rings (SSSR count). The highest BCUT2D eigenvalue weighted by molar-refractivity contribution is 7.09. The summed E-state index contributed by atoms with van der Waals surface area (Å²) >= 11 is 1.71. The number of rotatable bonds is 3. The first kappa shape index (κ1) is 12.5. The van der Waals surface area contributed by atoms with Crippen LogP contribution in [0.1, 0.15) is 11.3 Å². The highest BCUT2D eigenvalue weighted by Gasteiger charge is 2.33. The molecule has 0 saturated carbocycles. The average molecular weight is 255 g/mol. The Labute approximate surface area is 105 Å². The van der Waals surface area contributed by atoms with Gasteiger partial charge in [0.1, 0.15) is 0 Å². The lowest BCUT2D eigenvalue weighted by atomic mass is 9.95. The Morgan fingerprint density at radius 3 is 3.18 bits per heavy atom. The molecule has 1 aliphatic rings. The normalized spacial score (nSPS) is 25.8. The summed E-state index contributed by atoms with van der Waals surface area (Å²) < 4.78 is 4.72. The van der Waals surface area contributed by atoms with Gasteiger partial charge < -0.3 is 9.84 Å². The summed E-state index contributed by atoms with van der Waals surface area (Å²) in [5.74, 6) is -0.720. The fourth-order valence-electron chi connectivity index (χ4n) is 2.16. The largest absolute Gasteiger partial charge is 0.469 e. The van der Waals surface area contributed by atoms with Gasteiger partial charge in [-0.2, -0.15) is 0 Å².